The van der Waals surface area contributed by atoms with E-state index in [4.69, 9.17) is 21.1 Å². The summed E-state index contributed by atoms with van der Waals surface area (Å²) in [5.74, 6) is 0.393. The summed E-state index contributed by atoms with van der Waals surface area (Å²) in [5, 5.41) is 15.1. The molecule has 1 saturated heterocycles. The number of methoxy groups -OCH3 is 2. The van der Waals surface area contributed by atoms with E-state index in [2.05, 4.69) is 5.32 Å². The van der Waals surface area contributed by atoms with Crippen molar-refractivity contribution in [2.45, 2.75) is 69.1 Å². The largest absolute Gasteiger partial charge is 0.496 e. The number of aliphatic hydroxyl groups is 1. The number of ether oxygens (including phenoxy) is 2. The van der Waals surface area contributed by atoms with Gasteiger partial charge in [0.05, 0.1) is 24.9 Å². The number of amides is 1. The maximum atomic E-state index is 13.2. The van der Waals surface area contributed by atoms with Crippen molar-refractivity contribution >= 4 is 17.5 Å². The fourth-order valence-electron chi connectivity index (χ4n) is 4.76. The smallest absolute Gasteiger partial charge is 0.233 e. The van der Waals surface area contributed by atoms with Gasteiger partial charge in [-0.05, 0) is 56.7 Å². The molecule has 26 heavy (non-hydrogen) atoms. The topological polar surface area (TPSA) is 67.8 Å². The van der Waals surface area contributed by atoms with Gasteiger partial charge in [0.1, 0.15) is 11.2 Å². The minimum absolute atomic E-state index is 0.156. The SMILES string of the molecule is CCc1cc(Cl)cc(OC)c1C1(C)C(=O)NC2(CCC(OC)CC2)C1O. The second-order valence-electron chi connectivity index (χ2n) is 7.65. The van der Waals surface area contributed by atoms with E-state index in [-0.39, 0.29) is 12.0 Å². The Balaban J connectivity index is 2.07. The van der Waals surface area contributed by atoms with Crippen LogP contribution >= 0.6 is 11.6 Å². The highest BCUT2D eigenvalue weighted by Crippen LogP contribution is 2.49. The summed E-state index contributed by atoms with van der Waals surface area (Å²) < 4.78 is 11.0. The van der Waals surface area contributed by atoms with E-state index in [9.17, 15) is 9.90 Å². The Labute approximate surface area is 160 Å². The lowest BCUT2D eigenvalue weighted by molar-refractivity contribution is -0.125. The molecule has 1 saturated carbocycles. The van der Waals surface area contributed by atoms with Crippen molar-refractivity contribution in [3.05, 3.63) is 28.3 Å². The van der Waals surface area contributed by atoms with Crippen LogP contribution in [0.3, 0.4) is 0 Å². The minimum Gasteiger partial charge on any atom is -0.496 e. The number of halogens is 1. The molecule has 1 spiro atoms. The van der Waals surface area contributed by atoms with Crippen molar-refractivity contribution in [1.82, 2.24) is 5.32 Å². The van der Waals surface area contributed by atoms with Gasteiger partial charge in [0.25, 0.3) is 0 Å². The standard InChI is InChI=1S/C20H28ClNO4/c1-5-12-10-13(21)11-15(26-4)16(12)19(2)17(23)20(22-18(19)24)8-6-14(25-3)7-9-20/h10-11,14,17,23H,5-9H2,1-4H3,(H,22,24). The van der Waals surface area contributed by atoms with Crippen molar-refractivity contribution in [2.75, 3.05) is 14.2 Å². The van der Waals surface area contributed by atoms with Crippen LogP contribution in [0.15, 0.2) is 12.1 Å². The highest BCUT2D eigenvalue weighted by Gasteiger charge is 2.62. The molecular weight excluding hydrogens is 354 g/mol. The maximum absolute atomic E-state index is 13.2. The number of carbonyl (C=O) groups is 1. The van der Waals surface area contributed by atoms with Crippen LogP contribution in [0.4, 0.5) is 0 Å². The Hall–Kier alpha value is -1.30. The minimum atomic E-state index is -1.08. The van der Waals surface area contributed by atoms with Gasteiger partial charge in [0, 0.05) is 17.7 Å². The van der Waals surface area contributed by atoms with Crippen molar-refractivity contribution in [1.29, 1.82) is 0 Å². The maximum Gasteiger partial charge on any atom is 0.233 e. The molecular formula is C20H28ClNO4. The number of hydrogen-bond acceptors (Lipinski definition) is 4. The first-order valence-electron chi connectivity index (χ1n) is 9.22. The molecule has 1 heterocycles. The van der Waals surface area contributed by atoms with Crippen LogP contribution in [-0.4, -0.2) is 43.0 Å². The third-order valence-corrected chi connectivity index (χ3v) is 6.55. The van der Waals surface area contributed by atoms with E-state index in [0.717, 1.165) is 24.0 Å². The predicted octanol–water partition coefficient (Wildman–Crippen LogP) is 2.99. The highest BCUT2D eigenvalue weighted by molar-refractivity contribution is 6.30. The first-order chi connectivity index (χ1) is 12.3. The fourth-order valence-corrected chi connectivity index (χ4v) is 4.99. The molecule has 2 aliphatic rings. The number of rotatable bonds is 4. The summed E-state index contributed by atoms with van der Waals surface area (Å²) in [6.45, 7) is 3.83. The predicted molar refractivity (Wildman–Crippen MR) is 101 cm³/mol. The molecule has 144 valence electrons. The zero-order chi connectivity index (χ0) is 19.1. The van der Waals surface area contributed by atoms with Crippen LogP contribution in [0.25, 0.3) is 0 Å². The summed E-state index contributed by atoms with van der Waals surface area (Å²) in [7, 11) is 3.28. The van der Waals surface area contributed by atoms with Gasteiger partial charge in [-0.2, -0.15) is 0 Å². The van der Waals surface area contributed by atoms with Crippen LogP contribution < -0.4 is 10.1 Å². The third-order valence-electron chi connectivity index (χ3n) is 6.33. The Morgan fingerprint density at radius 2 is 1.96 bits per heavy atom. The Kier molecular flexibility index (Phi) is 5.26. The molecule has 3 rings (SSSR count). The quantitative estimate of drug-likeness (QED) is 0.841. The monoisotopic (exact) mass is 381 g/mol. The van der Waals surface area contributed by atoms with E-state index < -0.39 is 17.1 Å². The molecule has 2 fully saturated rings. The molecule has 0 aromatic heterocycles. The van der Waals surface area contributed by atoms with Gasteiger partial charge in [-0.15, -0.1) is 0 Å². The summed E-state index contributed by atoms with van der Waals surface area (Å²) in [5.41, 5.74) is -0.0335. The molecule has 1 amide bonds. The lowest BCUT2D eigenvalue weighted by atomic mass is 9.67. The molecule has 5 nitrogen and oxygen atoms in total. The van der Waals surface area contributed by atoms with Crippen molar-refractivity contribution in [3.8, 4) is 5.75 Å². The lowest BCUT2D eigenvalue weighted by Gasteiger charge is -2.41. The van der Waals surface area contributed by atoms with Crippen molar-refractivity contribution in [3.63, 3.8) is 0 Å². The Morgan fingerprint density at radius 1 is 1.31 bits per heavy atom. The summed E-state index contributed by atoms with van der Waals surface area (Å²) in [6, 6.07) is 3.57. The molecule has 1 aliphatic heterocycles. The molecule has 6 heteroatoms. The first-order valence-corrected chi connectivity index (χ1v) is 9.60. The van der Waals surface area contributed by atoms with E-state index in [1.165, 1.54) is 0 Å². The van der Waals surface area contributed by atoms with Gasteiger partial charge in [0.15, 0.2) is 0 Å². The van der Waals surface area contributed by atoms with Crippen LogP contribution in [0, 0.1) is 0 Å². The van der Waals surface area contributed by atoms with E-state index >= 15 is 0 Å². The van der Waals surface area contributed by atoms with Gasteiger partial charge >= 0.3 is 0 Å². The number of aryl methyl sites for hydroxylation is 1. The number of aliphatic hydroxyl groups excluding tert-OH is 1. The van der Waals surface area contributed by atoms with Gasteiger partial charge in [-0.1, -0.05) is 18.5 Å². The lowest BCUT2D eigenvalue weighted by Crippen LogP contribution is -2.53. The highest BCUT2D eigenvalue weighted by atomic mass is 35.5. The fraction of sp³-hybridized carbons (Fsp3) is 0.650. The molecule has 1 aromatic carbocycles. The number of carbonyl (C=O) groups excluding carboxylic acids is 1. The molecule has 0 bridgehead atoms. The zero-order valence-electron chi connectivity index (χ0n) is 15.9. The second kappa shape index (κ2) is 7.02. The molecule has 2 unspecified atom stereocenters. The van der Waals surface area contributed by atoms with Crippen molar-refractivity contribution in [2.24, 2.45) is 0 Å². The second-order valence-corrected chi connectivity index (χ2v) is 8.08. The van der Waals surface area contributed by atoms with Crippen LogP contribution in [0.1, 0.15) is 50.7 Å². The van der Waals surface area contributed by atoms with Crippen LogP contribution in [0.2, 0.25) is 5.02 Å². The molecule has 1 aromatic rings. The van der Waals surface area contributed by atoms with E-state index in [0.29, 0.717) is 30.0 Å². The summed E-state index contributed by atoms with van der Waals surface area (Å²) >= 11 is 6.22. The van der Waals surface area contributed by atoms with Gasteiger partial charge in [-0.25, -0.2) is 0 Å². The molecule has 2 N–H and O–H groups in total. The van der Waals surface area contributed by atoms with Crippen LogP contribution in [-0.2, 0) is 21.4 Å². The van der Waals surface area contributed by atoms with Crippen molar-refractivity contribution < 1.29 is 19.4 Å². The van der Waals surface area contributed by atoms with E-state index in [1.807, 2.05) is 19.9 Å². The molecule has 2 atom stereocenters. The normalized spacial score (nSPS) is 34.2. The Bertz CT molecular complexity index is 674. The third kappa shape index (κ3) is 2.81. The molecule has 1 aliphatic carbocycles. The number of benzene rings is 1. The van der Waals surface area contributed by atoms with E-state index in [1.54, 1.807) is 20.3 Å². The summed E-state index contributed by atoms with van der Waals surface area (Å²) in [6.07, 6.45) is 3.08. The average Bonchev–Trinajstić information content (AvgIpc) is 2.83. The average molecular weight is 382 g/mol. The molecule has 0 radical (unpaired) electrons. The van der Waals surface area contributed by atoms with Gasteiger partial charge in [0.2, 0.25) is 5.91 Å². The first kappa shape index (κ1) is 19.5. The van der Waals surface area contributed by atoms with Gasteiger partial charge < -0.3 is 19.9 Å². The van der Waals surface area contributed by atoms with Crippen LogP contribution in [0.5, 0.6) is 5.75 Å². The number of hydrogen-bond donors (Lipinski definition) is 2. The van der Waals surface area contributed by atoms with Gasteiger partial charge in [-0.3, -0.25) is 4.79 Å². The Morgan fingerprint density at radius 3 is 2.50 bits per heavy atom. The number of nitrogens with one attached hydrogen (secondary N) is 1. The zero-order valence-corrected chi connectivity index (χ0v) is 16.7. The summed E-state index contributed by atoms with van der Waals surface area (Å²) in [4.78, 5) is 13.2.